The first kappa shape index (κ1) is 21.4. The van der Waals surface area contributed by atoms with Crippen LogP contribution in [0, 0.1) is 0 Å². The number of aromatic nitrogens is 2. The van der Waals surface area contributed by atoms with Crippen molar-refractivity contribution in [3.05, 3.63) is 87.1 Å². The van der Waals surface area contributed by atoms with Gasteiger partial charge < -0.3 is 14.0 Å². The molecule has 0 bridgehead atoms. The fraction of sp³-hybridized carbons (Fsp3) is 0.370. The summed E-state index contributed by atoms with van der Waals surface area (Å²) in [4.78, 5) is 22.0. The highest BCUT2D eigenvalue weighted by Crippen LogP contribution is 2.47. The molecule has 0 spiro atoms. The van der Waals surface area contributed by atoms with Crippen LogP contribution in [0.4, 0.5) is 0 Å². The first-order valence-corrected chi connectivity index (χ1v) is 11.3. The number of hydrogen-bond acceptors (Lipinski definition) is 5. The van der Waals surface area contributed by atoms with Crippen LogP contribution in [-0.2, 0) is 19.4 Å². The Bertz CT molecular complexity index is 1320. The van der Waals surface area contributed by atoms with Gasteiger partial charge in [-0.3, -0.25) is 14.8 Å². The highest BCUT2D eigenvalue weighted by Gasteiger charge is 2.39. The van der Waals surface area contributed by atoms with Gasteiger partial charge in [0.2, 0.25) is 0 Å². The van der Waals surface area contributed by atoms with Crippen LogP contribution in [-0.4, -0.2) is 33.5 Å². The van der Waals surface area contributed by atoms with Crippen molar-refractivity contribution in [1.82, 2.24) is 9.55 Å². The predicted molar refractivity (Wildman–Crippen MR) is 129 cm³/mol. The minimum atomic E-state index is -0.318. The lowest BCUT2D eigenvalue weighted by Gasteiger charge is -2.31. The molecular formula is C27H29N3O3. The minimum Gasteiger partial charge on any atom is -0.493 e. The van der Waals surface area contributed by atoms with Gasteiger partial charge in [-0.1, -0.05) is 6.07 Å². The lowest BCUT2D eigenvalue weighted by Crippen LogP contribution is -2.31. The van der Waals surface area contributed by atoms with Crippen molar-refractivity contribution in [2.45, 2.75) is 58.2 Å². The first-order valence-electron chi connectivity index (χ1n) is 11.3. The minimum absolute atomic E-state index is 0.0528. The number of nitrogens with zero attached hydrogens (tertiary/aromatic N) is 3. The first-order chi connectivity index (χ1) is 15.7. The van der Waals surface area contributed by atoms with E-state index in [1.165, 1.54) is 5.56 Å². The summed E-state index contributed by atoms with van der Waals surface area (Å²) in [6.45, 7) is 8.93. The molecule has 0 atom stereocenters. The Morgan fingerprint density at radius 3 is 2.70 bits per heavy atom. The van der Waals surface area contributed by atoms with Crippen LogP contribution in [0.25, 0.3) is 0 Å². The summed E-state index contributed by atoms with van der Waals surface area (Å²) in [7, 11) is 1.69. The molecule has 33 heavy (non-hydrogen) atoms. The van der Waals surface area contributed by atoms with E-state index in [1.807, 2.05) is 24.4 Å². The molecule has 3 aromatic rings. The number of fused-ring (bicyclic) bond motifs is 3. The van der Waals surface area contributed by atoms with Crippen molar-refractivity contribution < 1.29 is 9.47 Å². The van der Waals surface area contributed by atoms with Crippen molar-refractivity contribution in [1.29, 1.82) is 0 Å². The molecule has 2 aliphatic heterocycles. The van der Waals surface area contributed by atoms with Crippen LogP contribution in [0.2, 0.25) is 0 Å². The van der Waals surface area contributed by atoms with Gasteiger partial charge in [0.15, 0.2) is 11.5 Å². The highest BCUT2D eigenvalue weighted by molar-refractivity contribution is 6.16. The van der Waals surface area contributed by atoms with Gasteiger partial charge >= 0.3 is 0 Å². The third-order valence-corrected chi connectivity index (χ3v) is 6.23. The maximum atomic E-state index is 12.7. The number of ether oxygens (including phenoxy) is 2. The molecule has 4 heterocycles. The van der Waals surface area contributed by atoms with Crippen LogP contribution in [0.5, 0.6) is 11.5 Å². The number of hydrogen-bond donors (Lipinski definition) is 0. The smallest absolute Gasteiger partial charge is 0.250 e. The molecule has 0 saturated carbocycles. The second kappa shape index (κ2) is 7.58. The Kier molecular flexibility index (Phi) is 4.92. The third-order valence-electron chi connectivity index (χ3n) is 6.23. The molecule has 0 fully saturated rings. The summed E-state index contributed by atoms with van der Waals surface area (Å²) in [5.41, 5.74) is 5.60. The third kappa shape index (κ3) is 3.94. The number of aliphatic imine (C=N–C) groups is 1. The average molecular weight is 444 g/mol. The molecule has 5 rings (SSSR count). The molecule has 0 saturated heterocycles. The van der Waals surface area contributed by atoms with E-state index in [2.05, 4.69) is 38.7 Å². The summed E-state index contributed by atoms with van der Waals surface area (Å²) in [6.07, 6.45) is 7.02. The average Bonchev–Trinajstić information content (AvgIpc) is 3.09. The second-order valence-electron chi connectivity index (χ2n) is 10.2. The quantitative estimate of drug-likeness (QED) is 0.607. The number of rotatable bonds is 4. The molecule has 1 aromatic carbocycles. The lowest BCUT2D eigenvalue weighted by molar-refractivity contribution is 0.134. The molecule has 0 aliphatic carbocycles. The second-order valence-corrected chi connectivity index (χ2v) is 10.2. The van der Waals surface area contributed by atoms with Gasteiger partial charge in [0, 0.05) is 47.8 Å². The Labute approximate surface area is 193 Å². The molecule has 0 unspecified atom stereocenters. The number of pyridine rings is 2. The molecular weight excluding hydrogens is 414 g/mol. The van der Waals surface area contributed by atoms with E-state index in [1.54, 1.807) is 30.1 Å². The summed E-state index contributed by atoms with van der Waals surface area (Å²) in [5.74, 6) is 1.57. The van der Waals surface area contributed by atoms with Gasteiger partial charge in [0.05, 0.1) is 24.9 Å². The van der Waals surface area contributed by atoms with E-state index in [0.717, 1.165) is 52.3 Å². The van der Waals surface area contributed by atoms with E-state index >= 15 is 0 Å². The maximum Gasteiger partial charge on any atom is 0.250 e. The van der Waals surface area contributed by atoms with Crippen molar-refractivity contribution in [3.8, 4) is 11.5 Å². The van der Waals surface area contributed by atoms with E-state index < -0.39 is 0 Å². The van der Waals surface area contributed by atoms with E-state index in [-0.39, 0.29) is 16.7 Å². The topological polar surface area (TPSA) is 65.7 Å². The fourth-order valence-electron chi connectivity index (χ4n) is 4.91. The van der Waals surface area contributed by atoms with Crippen molar-refractivity contribution in [2.24, 2.45) is 4.99 Å². The Hall–Kier alpha value is -3.41. The van der Waals surface area contributed by atoms with Crippen molar-refractivity contribution in [3.63, 3.8) is 0 Å². The van der Waals surface area contributed by atoms with Crippen LogP contribution < -0.4 is 15.0 Å². The molecule has 170 valence electrons. The van der Waals surface area contributed by atoms with Gasteiger partial charge in [0.25, 0.3) is 5.56 Å². The zero-order chi connectivity index (χ0) is 23.4. The summed E-state index contributed by atoms with van der Waals surface area (Å²) in [6, 6.07) is 9.45. The Morgan fingerprint density at radius 2 is 1.97 bits per heavy atom. The van der Waals surface area contributed by atoms with E-state index in [9.17, 15) is 4.79 Å². The van der Waals surface area contributed by atoms with E-state index in [0.29, 0.717) is 6.54 Å². The van der Waals surface area contributed by atoms with Gasteiger partial charge in [-0.05, 0) is 63.4 Å². The molecule has 2 aliphatic rings. The highest BCUT2D eigenvalue weighted by atomic mass is 16.5. The number of methoxy groups -OCH3 is 1. The zero-order valence-corrected chi connectivity index (χ0v) is 19.8. The Morgan fingerprint density at radius 1 is 1.15 bits per heavy atom. The molecule has 2 aromatic heterocycles. The SMILES string of the molecule is COc1cc2c(c3c1OC(C)(C)C3)C(c1ccc(=O)n(Cc3cccnc3)c1)=NC(C)(C)C2. The van der Waals surface area contributed by atoms with Gasteiger partial charge in [-0.25, -0.2) is 0 Å². The van der Waals surface area contributed by atoms with Crippen LogP contribution in [0.1, 0.15) is 55.5 Å². The molecule has 0 N–H and O–H groups in total. The van der Waals surface area contributed by atoms with Gasteiger partial charge in [0.1, 0.15) is 5.60 Å². The molecule has 6 nitrogen and oxygen atoms in total. The Balaban J connectivity index is 1.68. The predicted octanol–water partition coefficient (Wildman–Crippen LogP) is 4.19. The van der Waals surface area contributed by atoms with Crippen LogP contribution in [0.3, 0.4) is 0 Å². The standard InChI is InChI=1S/C27H29N3O3/c1-26(2)12-19-11-21(32-5)25-20(13-27(3,4)33-25)23(19)24(29-26)18-8-9-22(31)30(16-18)15-17-7-6-10-28-14-17/h6-11,14,16H,12-13,15H2,1-5H3. The summed E-state index contributed by atoms with van der Waals surface area (Å²) < 4.78 is 13.7. The summed E-state index contributed by atoms with van der Waals surface area (Å²) >= 11 is 0. The normalized spacial score (nSPS) is 17.5. The van der Waals surface area contributed by atoms with Crippen LogP contribution >= 0.6 is 0 Å². The number of benzene rings is 1. The van der Waals surface area contributed by atoms with Gasteiger partial charge in [-0.2, -0.15) is 0 Å². The van der Waals surface area contributed by atoms with Gasteiger partial charge in [-0.15, -0.1) is 0 Å². The van der Waals surface area contributed by atoms with Crippen molar-refractivity contribution in [2.75, 3.05) is 7.11 Å². The fourth-order valence-corrected chi connectivity index (χ4v) is 4.91. The largest absolute Gasteiger partial charge is 0.493 e. The maximum absolute atomic E-state index is 12.7. The molecule has 6 heteroatoms. The van der Waals surface area contributed by atoms with Crippen molar-refractivity contribution >= 4 is 5.71 Å². The molecule has 0 radical (unpaired) electrons. The van der Waals surface area contributed by atoms with E-state index in [4.69, 9.17) is 14.5 Å². The molecule has 0 amide bonds. The zero-order valence-electron chi connectivity index (χ0n) is 19.8. The summed E-state index contributed by atoms with van der Waals surface area (Å²) in [5, 5.41) is 0. The van der Waals surface area contributed by atoms with Crippen LogP contribution in [0.15, 0.2) is 58.7 Å². The lowest BCUT2D eigenvalue weighted by atomic mass is 9.81. The monoisotopic (exact) mass is 443 g/mol.